The molecule has 1 aliphatic carbocycles. The lowest BCUT2D eigenvalue weighted by Gasteiger charge is -2.60. The molecule has 5 aliphatic rings. The number of hydrogen-bond donors (Lipinski definition) is 6. The average Bonchev–Trinajstić information content (AvgIpc) is 0.812. The smallest absolute Gasteiger partial charge is 0.390 e. The normalized spacial score (nSPS) is 28.2. The van der Waals surface area contributed by atoms with Crippen LogP contribution in [0.15, 0.2) is 95.9 Å². The molecule has 1 amide bonds. The lowest BCUT2D eigenvalue weighted by molar-refractivity contribution is -0.160. The monoisotopic (exact) mass is 1340 g/mol. The molecule has 4 aliphatic heterocycles. The third-order valence-corrected chi connectivity index (χ3v) is 21.8. The summed E-state index contributed by atoms with van der Waals surface area (Å²) >= 11 is 6.18. The first-order valence-corrected chi connectivity index (χ1v) is 36.2. The third kappa shape index (κ3) is 21.4. The van der Waals surface area contributed by atoms with E-state index >= 15 is 0 Å². The fraction of sp³-hybridized carbons (Fsp3) is 0.703. The summed E-state index contributed by atoms with van der Waals surface area (Å²) in [4.78, 5) is 31.0. The number of carbonyl (C=O) groups excluding carboxylic acids is 1. The van der Waals surface area contributed by atoms with Crippen molar-refractivity contribution in [1.29, 1.82) is 0 Å². The van der Waals surface area contributed by atoms with Crippen LogP contribution in [0.5, 0.6) is 0 Å². The lowest BCUT2D eigenvalue weighted by atomic mass is 9.74. The number of aliphatic imine (C=N–C) groups is 1. The summed E-state index contributed by atoms with van der Waals surface area (Å²) in [5, 5.41) is 23.7. The van der Waals surface area contributed by atoms with Crippen molar-refractivity contribution in [2.45, 2.75) is 251 Å². The SMILES string of the molecule is CCCCC[C@@H]1NC[C@H]([C@@H](C)CC)NC(C)[C@H](C)N2CCCC2=CN(C)C(Cc2ccc(C(F)(F)F)cc2)=CN(C)C=CN=C(CCc2ccc(C(F)(F)F)c(Cl)c2)C=CNCCNCC2(CCCC2)NC(C)[C@H]([C@@H](C)CC)N2C(C)[C@H](C(=O)N3CCCC3)C2CNC1C. The molecule has 2 aromatic rings. The molecule has 20 heteroatoms. The van der Waals surface area contributed by atoms with E-state index in [9.17, 15) is 31.1 Å². The number of benzene rings is 2. The van der Waals surface area contributed by atoms with Crippen LogP contribution < -0.4 is 31.9 Å². The van der Waals surface area contributed by atoms with E-state index in [1.807, 2.05) is 43.7 Å². The molecular formula is C74H117ClF6N12O. The van der Waals surface area contributed by atoms with Crippen LogP contribution in [0.2, 0.25) is 5.02 Å². The van der Waals surface area contributed by atoms with Gasteiger partial charge in [0.1, 0.15) is 0 Å². The molecule has 12 atom stereocenters. The first-order chi connectivity index (χ1) is 44.8. The third-order valence-electron chi connectivity index (χ3n) is 21.5. The number of halogens is 7. The van der Waals surface area contributed by atoms with Crippen molar-refractivity contribution in [2.75, 3.05) is 66.5 Å². The molecule has 0 radical (unpaired) electrons. The molecule has 4 heterocycles. The first kappa shape index (κ1) is 76.7. The van der Waals surface area contributed by atoms with E-state index in [0.717, 1.165) is 152 Å². The fourth-order valence-electron chi connectivity index (χ4n) is 15.3. The second-order valence-electron chi connectivity index (χ2n) is 28.4. The van der Waals surface area contributed by atoms with Crippen LogP contribution in [-0.2, 0) is 30.0 Å². The summed E-state index contributed by atoms with van der Waals surface area (Å²) in [5.74, 6) is 1.02. The van der Waals surface area contributed by atoms with Crippen LogP contribution in [-0.4, -0.2) is 162 Å². The quantitative estimate of drug-likeness (QED) is 0.0802. The summed E-state index contributed by atoms with van der Waals surface area (Å²) in [7, 11) is 3.88. The van der Waals surface area contributed by atoms with E-state index in [0.29, 0.717) is 61.4 Å². The van der Waals surface area contributed by atoms with Gasteiger partial charge in [0.25, 0.3) is 0 Å². The molecule has 1 saturated carbocycles. The van der Waals surface area contributed by atoms with Gasteiger partial charge in [0.05, 0.1) is 22.1 Å². The Hall–Kier alpha value is -4.63. The number of fused-ring (bicyclic) bond motifs is 2. The topological polar surface area (TPSA) is 118 Å². The van der Waals surface area contributed by atoms with Gasteiger partial charge in [-0.15, -0.1) is 0 Å². The van der Waals surface area contributed by atoms with Gasteiger partial charge in [-0.3, -0.25) is 14.7 Å². The predicted octanol–water partition coefficient (Wildman–Crippen LogP) is 14.1. The van der Waals surface area contributed by atoms with E-state index in [4.69, 9.17) is 16.6 Å². The van der Waals surface area contributed by atoms with E-state index in [1.165, 1.54) is 36.4 Å². The Kier molecular flexibility index (Phi) is 29.6. The van der Waals surface area contributed by atoms with Crippen molar-refractivity contribution in [2.24, 2.45) is 22.7 Å². The zero-order valence-electron chi connectivity index (χ0n) is 58.8. The van der Waals surface area contributed by atoms with Crippen molar-refractivity contribution in [3.8, 4) is 0 Å². The van der Waals surface area contributed by atoms with E-state index in [-0.39, 0.29) is 70.9 Å². The Morgan fingerprint density at radius 1 is 0.766 bits per heavy atom. The highest BCUT2D eigenvalue weighted by Crippen LogP contribution is 2.42. The Morgan fingerprint density at radius 3 is 2.13 bits per heavy atom. The van der Waals surface area contributed by atoms with Gasteiger partial charge in [0, 0.05) is 175 Å². The number of hydrogen-bond acceptors (Lipinski definition) is 12. The Morgan fingerprint density at radius 2 is 1.47 bits per heavy atom. The molecule has 6 N–H and O–H groups in total. The number of alkyl halides is 6. The van der Waals surface area contributed by atoms with Crippen molar-refractivity contribution < 1.29 is 31.1 Å². The van der Waals surface area contributed by atoms with E-state index < -0.39 is 23.5 Å². The van der Waals surface area contributed by atoms with Crippen LogP contribution in [0.3, 0.4) is 0 Å². The molecule has 0 bridgehead atoms. The van der Waals surface area contributed by atoms with Crippen LogP contribution in [0.1, 0.15) is 188 Å². The molecule has 5 unspecified atom stereocenters. The minimum Gasteiger partial charge on any atom is -0.390 e. The first-order valence-electron chi connectivity index (χ1n) is 35.8. The number of nitrogens with zero attached hydrogens (tertiary/aromatic N) is 6. The maximum Gasteiger partial charge on any atom is 0.417 e. The number of aryl methyl sites for hydroxylation is 1. The molecule has 13 nitrogen and oxygen atoms in total. The van der Waals surface area contributed by atoms with Crippen LogP contribution in [0, 0.1) is 17.8 Å². The largest absolute Gasteiger partial charge is 0.417 e. The van der Waals surface area contributed by atoms with Gasteiger partial charge < -0.3 is 51.5 Å². The minimum absolute atomic E-state index is 0.0544. The zero-order valence-corrected chi connectivity index (χ0v) is 59.6. The van der Waals surface area contributed by atoms with Crippen LogP contribution in [0.4, 0.5) is 26.3 Å². The highest BCUT2D eigenvalue weighted by molar-refractivity contribution is 6.31. The second-order valence-corrected chi connectivity index (χ2v) is 28.8. The summed E-state index contributed by atoms with van der Waals surface area (Å²) < 4.78 is 82.5. The number of amides is 1. The molecule has 0 aromatic heterocycles. The number of allylic oxidation sites excluding steroid dienone is 3. The zero-order chi connectivity index (χ0) is 68.3. The highest BCUT2D eigenvalue weighted by Gasteiger charge is 2.55. The van der Waals surface area contributed by atoms with Crippen molar-refractivity contribution in [3.63, 3.8) is 0 Å². The molecule has 3 saturated heterocycles. The van der Waals surface area contributed by atoms with Crippen molar-refractivity contribution >= 4 is 23.2 Å². The van der Waals surface area contributed by atoms with Gasteiger partial charge in [-0.25, -0.2) is 0 Å². The van der Waals surface area contributed by atoms with Gasteiger partial charge in [-0.1, -0.05) is 109 Å². The molecule has 1 spiro atoms. The van der Waals surface area contributed by atoms with Gasteiger partial charge in [0.2, 0.25) is 5.91 Å². The van der Waals surface area contributed by atoms with Crippen molar-refractivity contribution in [1.82, 2.24) is 56.4 Å². The Bertz CT molecular complexity index is 2800. The fourth-order valence-corrected chi connectivity index (χ4v) is 15.6. The summed E-state index contributed by atoms with van der Waals surface area (Å²) in [5.41, 5.74) is 2.42. The number of likely N-dealkylation sites (N-methyl/N-ethyl adjacent to an activating group) is 1. The van der Waals surface area contributed by atoms with E-state index in [2.05, 4.69) is 127 Å². The minimum atomic E-state index is -4.57. The maximum atomic E-state index is 14.8. The van der Waals surface area contributed by atoms with Gasteiger partial charge in [-0.2, -0.15) is 26.3 Å². The predicted molar refractivity (Wildman–Crippen MR) is 374 cm³/mol. The van der Waals surface area contributed by atoms with Crippen LogP contribution in [0.25, 0.3) is 0 Å². The molecular weight excluding hydrogens is 1220 g/mol. The molecule has 2 aromatic carbocycles. The number of unbranched alkanes of at least 4 members (excludes halogenated alkanes) is 2. The number of likely N-dealkylation sites (tertiary alicyclic amines) is 1. The number of nitrogens with one attached hydrogen (secondary N) is 6. The maximum absolute atomic E-state index is 14.8. The van der Waals surface area contributed by atoms with Crippen LogP contribution >= 0.6 is 11.6 Å². The van der Waals surface area contributed by atoms with Crippen molar-refractivity contribution in [3.05, 3.63) is 118 Å². The lowest BCUT2D eigenvalue weighted by Crippen LogP contribution is -2.76. The Balaban J connectivity index is 1.22. The molecule has 4 fully saturated rings. The average molecular weight is 1340 g/mol. The second kappa shape index (κ2) is 36.3. The molecule has 94 heavy (non-hydrogen) atoms. The standard InChI is InChI=1S/C74H117ClF6N12O/c1-13-16-17-24-66-54(7)85-47-68-69(71(94)91-40-20-21-41-91)57(10)93(68)70(52(5)15-3)55(8)88-72(34-18-19-35-72)50-83-38-37-82-36-33-61(31-27-59-28-32-64(65(75)45-59)74(79,80)81)84-39-43-89(11)48-63(44-58-25-29-60(30-26-58)73(76,77)78)90(12)49-62-23-22-42-92(62)56(9)53(6)87-67(46-86-66)51(4)14-2/h25-26,28-30,32-33,36,39,43,45,48-49,51-57,66-70,82-83,85-88H,13-24,27,31,34-35,37-38,40-42,44,46-47,50H2,1-12H3/t51-,52-,53?,54?,55?,56-,57?,66-,67+,68?,69-,70-/m0/s1. The van der Waals surface area contributed by atoms with Gasteiger partial charge in [-0.05, 0) is 152 Å². The number of rotatable bonds is 14. The summed E-state index contributed by atoms with van der Waals surface area (Å²) in [6.45, 7) is 29.6. The highest BCUT2D eigenvalue weighted by atomic mass is 35.5. The number of carbonyl (C=O) groups is 1. The Labute approximate surface area is 566 Å². The summed E-state index contributed by atoms with van der Waals surface area (Å²) in [6, 6.07) is 10.6. The van der Waals surface area contributed by atoms with Gasteiger partial charge in [0.15, 0.2) is 0 Å². The summed E-state index contributed by atoms with van der Waals surface area (Å²) in [6.07, 6.45) is 18.6. The van der Waals surface area contributed by atoms with E-state index in [1.54, 1.807) is 6.20 Å². The molecule has 7 rings (SSSR count). The van der Waals surface area contributed by atoms with Gasteiger partial charge >= 0.3 is 12.4 Å². The molecule has 528 valence electrons.